The summed E-state index contributed by atoms with van der Waals surface area (Å²) in [5.74, 6) is -6.16. The second kappa shape index (κ2) is 7.11. The van der Waals surface area contributed by atoms with Crippen molar-refractivity contribution in [1.82, 2.24) is 14.9 Å². The van der Waals surface area contributed by atoms with Crippen LogP contribution in [0.4, 0.5) is 23.2 Å². The number of anilines is 1. The Bertz CT molecular complexity index is 769. The van der Waals surface area contributed by atoms with Crippen LogP contribution in [0.1, 0.15) is 31.5 Å². The number of nitrogens with zero attached hydrogens (tertiary/aromatic N) is 4. The number of pyridine rings is 1. The van der Waals surface area contributed by atoms with Crippen molar-refractivity contribution < 1.29 is 17.6 Å². The van der Waals surface area contributed by atoms with E-state index in [1.54, 1.807) is 11.3 Å². The van der Waals surface area contributed by atoms with Crippen LogP contribution in [0.15, 0.2) is 5.38 Å². The zero-order valence-corrected chi connectivity index (χ0v) is 15.6. The molecular weight excluding hydrogens is 368 g/mol. The lowest BCUT2D eigenvalue weighted by Crippen LogP contribution is -2.46. The van der Waals surface area contributed by atoms with E-state index < -0.39 is 29.2 Å². The molecule has 0 radical (unpaired) electrons. The van der Waals surface area contributed by atoms with Crippen LogP contribution < -0.4 is 4.90 Å². The molecule has 1 fully saturated rings. The highest BCUT2D eigenvalue weighted by atomic mass is 32.1. The van der Waals surface area contributed by atoms with Gasteiger partial charge >= 0.3 is 0 Å². The number of piperazine rings is 1. The summed E-state index contributed by atoms with van der Waals surface area (Å²) in [7, 11) is 0. The van der Waals surface area contributed by atoms with Crippen LogP contribution in [0, 0.1) is 23.5 Å². The molecule has 1 aliphatic heterocycles. The lowest BCUT2D eigenvalue weighted by molar-refractivity contribution is 0.245. The molecule has 9 heteroatoms. The molecule has 1 saturated heterocycles. The summed E-state index contributed by atoms with van der Waals surface area (Å²) in [6.45, 7) is 8.46. The molecule has 3 heterocycles. The third kappa shape index (κ3) is 3.83. The maximum absolute atomic E-state index is 13.9. The minimum absolute atomic E-state index is 0.00778. The van der Waals surface area contributed by atoms with Crippen molar-refractivity contribution in [3.8, 4) is 0 Å². The van der Waals surface area contributed by atoms with Gasteiger partial charge in [-0.2, -0.15) is 22.5 Å². The number of thiazole rings is 1. The second-order valence-electron chi connectivity index (χ2n) is 7.33. The van der Waals surface area contributed by atoms with Crippen LogP contribution >= 0.6 is 11.3 Å². The molecule has 3 rings (SSSR count). The molecule has 0 aliphatic carbocycles. The van der Waals surface area contributed by atoms with Gasteiger partial charge in [-0.15, -0.1) is 11.3 Å². The lowest BCUT2D eigenvalue weighted by Gasteiger charge is -2.35. The molecule has 26 heavy (non-hydrogen) atoms. The van der Waals surface area contributed by atoms with E-state index in [1.165, 1.54) is 4.90 Å². The van der Waals surface area contributed by atoms with Crippen molar-refractivity contribution in [3.05, 3.63) is 39.6 Å². The van der Waals surface area contributed by atoms with Crippen molar-refractivity contribution in [2.24, 2.45) is 0 Å². The van der Waals surface area contributed by atoms with Crippen LogP contribution in [0.25, 0.3) is 0 Å². The maximum atomic E-state index is 13.9. The molecule has 0 N–H and O–H groups in total. The van der Waals surface area contributed by atoms with E-state index in [1.807, 2.05) is 5.38 Å². The van der Waals surface area contributed by atoms with E-state index in [9.17, 15) is 17.6 Å². The standard InChI is InChI=1S/C17H20F4N4S/c1-17(2,3)16-22-10(9-26-16)8-24-4-6-25(7-5-24)13-11(18)14(20)23-15(21)12(13)19/h9H,4-8H2,1-3H3. The first-order chi connectivity index (χ1) is 12.2. The summed E-state index contributed by atoms with van der Waals surface area (Å²) in [4.78, 5) is 10.6. The lowest BCUT2D eigenvalue weighted by atomic mass is 9.98. The molecule has 0 saturated carbocycles. The van der Waals surface area contributed by atoms with E-state index in [-0.39, 0.29) is 18.5 Å². The molecule has 0 aromatic carbocycles. The largest absolute Gasteiger partial charge is 0.364 e. The van der Waals surface area contributed by atoms with Crippen molar-refractivity contribution in [2.75, 3.05) is 31.1 Å². The summed E-state index contributed by atoms with van der Waals surface area (Å²) in [6.07, 6.45) is 0. The Morgan fingerprint density at radius 2 is 1.54 bits per heavy atom. The van der Waals surface area contributed by atoms with Gasteiger partial charge in [0.25, 0.3) is 11.9 Å². The predicted octanol–water partition coefficient (Wildman–Crippen LogP) is 3.71. The van der Waals surface area contributed by atoms with E-state index in [4.69, 9.17) is 0 Å². The highest BCUT2D eigenvalue weighted by Gasteiger charge is 2.28. The first kappa shape index (κ1) is 19.0. The highest BCUT2D eigenvalue weighted by Crippen LogP contribution is 2.28. The molecule has 1 aliphatic rings. The number of hydrogen-bond donors (Lipinski definition) is 0. The summed E-state index contributed by atoms with van der Waals surface area (Å²) < 4.78 is 54.4. The minimum atomic E-state index is -1.63. The molecule has 0 atom stereocenters. The van der Waals surface area contributed by atoms with Crippen molar-refractivity contribution in [1.29, 1.82) is 0 Å². The van der Waals surface area contributed by atoms with Gasteiger partial charge in [-0.1, -0.05) is 20.8 Å². The smallest absolute Gasteiger partial charge is 0.253 e. The van der Waals surface area contributed by atoms with E-state index in [2.05, 4.69) is 35.6 Å². The van der Waals surface area contributed by atoms with Gasteiger partial charge in [0, 0.05) is 43.5 Å². The average Bonchev–Trinajstić information content (AvgIpc) is 3.04. The topological polar surface area (TPSA) is 32.3 Å². The Labute approximate surface area is 153 Å². The monoisotopic (exact) mass is 388 g/mol. The molecule has 142 valence electrons. The molecule has 0 amide bonds. The normalized spacial score (nSPS) is 16.3. The number of aromatic nitrogens is 2. The van der Waals surface area contributed by atoms with Gasteiger partial charge in [-0.25, -0.2) is 4.98 Å². The van der Waals surface area contributed by atoms with E-state index >= 15 is 0 Å². The fraction of sp³-hybridized carbons (Fsp3) is 0.529. The van der Waals surface area contributed by atoms with Crippen LogP contribution in [0.3, 0.4) is 0 Å². The van der Waals surface area contributed by atoms with Gasteiger partial charge < -0.3 is 4.90 Å². The number of rotatable bonds is 3. The van der Waals surface area contributed by atoms with Gasteiger partial charge in [0.05, 0.1) is 10.7 Å². The molecular formula is C17H20F4N4S. The quantitative estimate of drug-likeness (QED) is 0.593. The minimum Gasteiger partial charge on any atom is -0.364 e. The zero-order chi connectivity index (χ0) is 19.1. The van der Waals surface area contributed by atoms with Gasteiger partial charge in [0.2, 0.25) is 11.6 Å². The third-order valence-corrected chi connectivity index (χ3v) is 5.56. The fourth-order valence-electron chi connectivity index (χ4n) is 2.84. The van der Waals surface area contributed by atoms with Gasteiger partial charge in [0.15, 0.2) is 0 Å². The Balaban J connectivity index is 1.66. The van der Waals surface area contributed by atoms with Gasteiger partial charge in [0.1, 0.15) is 5.69 Å². The van der Waals surface area contributed by atoms with Crippen molar-refractivity contribution in [2.45, 2.75) is 32.7 Å². The Morgan fingerprint density at radius 1 is 0.962 bits per heavy atom. The second-order valence-corrected chi connectivity index (χ2v) is 8.19. The number of hydrogen-bond acceptors (Lipinski definition) is 5. The predicted molar refractivity (Wildman–Crippen MR) is 92.4 cm³/mol. The first-order valence-electron chi connectivity index (χ1n) is 8.29. The van der Waals surface area contributed by atoms with Crippen molar-refractivity contribution >= 4 is 17.0 Å². The first-order valence-corrected chi connectivity index (χ1v) is 9.17. The fourth-order valence-corrected chi connectivity index (χ4v) is 3.73. The average molecular weight is 388 g/mol. The maximum Gasteiger partial charge on any atom is 0.253 e. The van der Waals surface area contributed by atoms with Crippen LogP contribution in [0.2, 0.25) is 0 Å². The van der Waals surface area contributed by atoms with Crippen molar-refractivity contribution in [3.63, 3.8) is 0 Å². The summed E-state index contributed by atoms with van der Waals surface area (Å²) in [6, 6.07) is 0. The number of halogens is 4. The summed E-state index contributed by atoms with van der Waals surface area (Å²) in [5, 5.41) is 3.07. The van der Waals surface area contributed by atoms with Gasteiger partial charge in [-0.3, -0.25) is 4.90 Å². The Morgan fingerprint density at radius 3 is 2.04 bits per heavy atom. The zero-order valence-electron chi connectivity index (χ0n) is 14.8. The SMILES string of the molecule is CC(C)(C)c1nc(CN2CCN(c3c(F)c(F)nc(F)c3F)CC2)cs1. The summed E-state index contributed by atoms with van der Waals surface area (Å²) >= 11 is 1.61. The van der Waals surface area contributed by atoms with E-state index in [0.29, 0.717) is 19.6 Å². The molecule has 2 aromatic rings. The van der Waals surface area contributed by atoms with E-state index in [0.717, 1.165) is 10.7 Å². The Kier molecular flexibility index (Phi) is 5.21. The van der Waals surface area contributed by atoms with Crippen LogP contribution in [0.5, 0.6) is 0 Å². The molecule has 0 spiro atoms. The third-order valence-electron chi connectivity index (χ3n) is 4.24. The Hall–Kier alpha value is -1.74. The highest BCUT2D eigenvalue weighted by molar-refractivity contribution is 7.09. The van der Waals surface area contributed by atoms with Gasteiger partial charge in [-0.05, 0) is 0 Å². The molecule has 0 bridgehead atoms. The van der Waals surface area contributed by atoms with Crippen LogP contribution in [-0.2, 0) is 12.0 Å². The molecule has 2 aromatic heterocycles. The molecule has 4 nitrogen and oxygen atoms in total. The summed E-state index contributed by atoms with van der Waals surface area (Å²) in [5.41, 5.74) is 0.261. The van der Waals surface area contributed by atoms with Crippen LogP contribution in [-0.4, -0.2) is 41.0 Å². The molecule has 0 unspecified atom stereocenters.